The van der Waals surface area contributed by atoms with Crippen LogP contribution in [-0.2, 0) is 0 Å². The van der Waals surface area contributed by atoms with E-state index in [1.165, 1.54) is 0 Å². The fourth-order valence-corrected chi connectivity index (χ4v) is 1.19. The van der Waals surface area contributed by atoms with Crippen LogP contribution in [0.4, 0.5) is 4.79 Å². The highest BCUT2D eigenvalue weighted by Crippen LogP contribution is 2.20. The van der Waals surface area contributed by atoms with Crippen LogP contribution in [0.25, 0.3) is 0 Å². The average molecular weight is 282 g/mol. The van der Waals surface area contributed by atoms with Crippen molar-refractivity contribution < 1.29 is 9.53 Å². The highest BCUT2D eigenvalue weighted by molar-refractivity contribution is 14.1. The zero-order chi connectivity index (χ0) is 8.27. The Hall–Kier alpha value is -0.290. The van der Waals surface area contributed by atoms with Gasteiger partial charge in [-0.15, -0.1) is 0 Å². The van der Waals surface area contributed by atoms with Crippen LogP contribution in [0.5, 0.6) is 5.75 Å². The normalized spacial score (nSPS) is 9.27. The summed E-state index contributed by atoms with van der Waals surface area (Å²) >= 11 is 7.08. The van der Waals surface area contributed by atoms with E-state index in [1.807, 2.05) is 12.1 Å². The lowest BCUT2D eigenvalue weighted by molar-refractivity contribution is 0.225. The molecule has 0 spiro atoms. The summed E-state index contributed by atoms with van der Waals surface area (Å²) < 4.78 is 5.52. The first-order chi connectivity index (χ1) is 5.20. The summed E-state index contributed by atoms with van der Waals surface area (Å²) in [6.07, 6.45) is 0. The lowest BCUT2D eigenvalue weighted by Gasteiger charge is -2.00. The summed E-state index contributed by atoms with van der Waals surface area (Å²) in [4.78, 5) is 10.3. The molecule has 0 fully saturated rings. The number of hydrogen-bond donors (Lipinski definition) is 0. The molecule has 0 amide bonds. The molecule has 2 nitrogen and oxygen atoms in total. The highest BCUT2D eigenvalue weighted by atomic mass is 127. The zero-order valence-corrected chi connectivity index (χ0v) is 8.30. The molecule has 4 heteroatoms. The van der Waals surface area contributed by atoms with Gasteiger partial charge in [-0.1, -0.05) is 12.1 Å². The number of para-hydroxylation sites is 1. The van der Waals surface area contributed by atoms with Crippen LogP contribution in [0.1, 0.15) is 0 Å². The smallest absolute Gasteiger partial charge is 0.409 e. The van der Waals surface area contributed by atoms with Crippen molar-refractivity contribution in [3.63, 3.8) is 0 Å². The first-order valence-corrected chi connectivity index (χ1v) is 4.27. The second kappa shape index (κ2) is 3.92. The van der Waals surface area contributed by atoms with Crippen molar-refractivity contribution in [3.8, 4) is 5.75 Å². The van der Waals surface area contributed by atoms with E-state index in [0.29, 0.717) is 5.75 Å². The molecule has 0 unspecified atom stereocenters. The number of benzene rings is 1. The maximum atomic E-state index is 10.3. The second-order valence-corrected chi connectivity index (χ2v) is 3.24. The van der Waals surface area contributed by atoms with Crippen LogP contribution in [0.3, 0.4) is 0 Å². The van der Waals surface area contributed by atoms with Gasteiger partial charge < -0.3 is 4.74 Å². The molecule has 0 saturated carbocycles. The van der Waals surface area contributed by atoms with Gasteiger partial charge in [0.15, 0.2) is 0 Å². The molecule has 0 bridgehead atoms. The Labute approximate surface area is 82.6 Å². The van der Waals surface area contributed by atoms with Crippen LogP contribution in [-0.4, -0.2) is 5.43 Å². The zero-order valence-electron chi connectivity index (χ0n) is 5.38. The van der Waals surface area contributed by atoms with Gasteiger partial charge >= 0.3 is 5.43 Å². The first kappa shape index (κ1) is 8.80. The Balaban J connectivity index is 2.86. The standard InChI is InChI=1S/C7H4ClIO2/c8-7(10)11-6-4-2-1-3-5(6)9/h1-4H. The first-order valence-electron chi connectivity index (χ1n) is 2.82. The lowest BCUT2D eigenvalue weighted by atomic mass is 10.3. The maximum Gasteiger partial charge on any atom is 0.409 e. The van der Waals surface area contributed by atoms with Gasteiger partial charge in [-0.3, -0.25) is 0 Å². The van der Waals surface area contributed by atoms with Gasteiger partial charge in [0.1, 0.15) is 5.75 Å². The van der Waals surface area contributed by atoms with Crippen LogP contribution in [0, 0.1) is 3.57 Å². The average Bonchev–Trinajstić information content (AvgIpc) is 1.93. The molecule has 0 saturated heterocycles. The van der Waals surface area contributed by atoms with Crippen molar-refractivity contribution in [2.45, 2.75) is 0 Å². The third-order valence-corrected chi connectivity index (χ3v) is 2.00. The van der Waals surface area contributed by atoms with Crippen LogP contribution >= 0.6 is 34.2 Å². The monoisotopic (exact) mass is 282 g/mol. The fourth-order valence-electron chi connectivity index (χ4n) is 0.614. The minimum Gasteiger partial charge on any atom is -0.413 e. The van der Waals surface area contributed by atoms with Crippen LogP contribution in [0.15, 0.2) is 24.3 Å². The molecule has 0 aromatic heterocycles. The van der Waals surface area contributed by atoms with E-state index in [-0.39, 0.29) is 0 Å². The van der Waals surface area contributed by atoms with E-state index >= 15 is 0 Å². The van der Waals surface area contributed by atoms with Crippen molar-refractivity contribution in [1.29, 1.82) is 0 Å². The highest BCUT2D eigenvalue weighted by Gasteiger charge is 2.02. The Kier molecular flexibility index (Phi) is 3.14. The molecule has 0 atom stereocenters. The Morgan fingerprint density at radius 1 is 1.45 bits per heavy atom. The van der Waals surface area contributed by atoms with E-state index < -0.39 is 5.43 Å². The van der Waals surface area contributed by atoms with Gasteiger partial charge in [-0.2, -0.15) is 0 Å². The molecule has 11 heavy (non-hydrogen) atoms. The van der Waals surface area contributed by atoms with E-state index in [1.54, 1.807) is 12.1 Å². The third-order valence-electron chi connectivity index (χ3n) is 1.03. The summed E-state index contributed by atoms with van der Waals surface area (Å²) in [5, 5.41) is 0. The molecular formula is C7H4ClIO2. The predicted molar refractivity (Wildman–Crippen MR) is 51.0 cm³/mol. The number of hydrogen-bond acceptors (Lipinski definition) is 2. The number of rotatable bonds is 1. The molecule has 1 rings (SSSR count). The number of ether oxygens (including phenoxy) is 1. The van der Waals surface area contributed by atoms with E-state index in [9.17, 15) is 4.79 Å². The Morgan fingerprint density at radius 2 is 2.09 bits per heavy atom. The molecule has 0 N–H and O–H groups in total. The number of carbonyl (C=O) groups is 1. The summed E-state index contributed by atoms with van der Waals surface area (Å²) in [7, 11) is 0. The molecule has 0 aliphatic rings. The molecular weight excluding hydrogens is 278 g/mol. The Morgan fingerprint density at radius 3 is 2.64 bits per heavy atom. The van der Waals surface area contributed by atoms with Crippen molar-refractivity contribution in [1.82, 2.24) is 0 Å². The van der Waals surface area contributed by atoms with Crippen LogP contribution in [0.2, 0.25) is 0 Å². The summed E-state index contributed by atoms with van der Waals surface area (Å²) in [5.41, 5.74) is -0.811. The quantitative estimate of drug-likeness (QED) is 0.584. The van der Waals surface area contributed by atoms with Crippen molar-refractivity contribution in [2.24, 2.45) is 0 Å². The second-order valence-electron chi connectivity index (χ2n) is 1.77. The van der Waals surface area contributed by atoms with Gasteiger partial charge in [-0.25, -0.2) is 4.79 Å². The van der Waals surface area contributed by atoms with Gasteiger partial charge in [0.25, 0.3) is 0 Å². The minimum atomic E-state index is -0.811. The SMILES string of the molecule is O=C(Cl)Oc1ccccc1I. The number of halogens is 2. The van der Waals surface area contributed by atoms with Gasteiger partial charge in [0.2, 0.25) is 0 Å². The molecule has 1 aromatic carbocycles. The molecule has 0 aliphatic carbocycles. The van der Waals surface area contributed by atoms with Crippen molar-refractivity contribution in [3.05, 3.63) is 27.8 Å². The molecule has 1 aromatic rings. The summed E-state index contributed by atoms with van der Waals surface area (Å²) in [6.45, 7) is 0. The van der Waals surface area contributed by atoms with Gasteiger partial charge in [-0.05, 0) is 34.7 Å². The predicted octanol–water partition coefficient (Wildman–Crippen LogP) is 3.03. The summed E-state index contributed by atoms with van der Waals surface area (Å²) in [6, 6.07) is 7.14. The molecule has 0 aliphatic heterocycles. The van der Waals surface area contributed by atoms with E-state index in [2.05, 4.69) is 27.3 Å². The van der Waals surface area contributed by atoms with Crippen molar-refractivity contribution in [2.75, 3.05) is 0 Å². The van der Waals surface area contributed by atoms with E-state index in [0.717, 1.165) is 3.57 Å². The van der Waals surface area contributed by atoms with Crippen LogP contribution < -0.4 is 4.74 Å². The van der Waals surface area contributed by atoms with E-state index in [4.69, 9.17) is 11.6 Å². The third kappa shape index (κ3) is 2.67. The van der Waals surface area contributed by atoms with Crippen molar-refractivity contribution >= 4 is 39.6 Å². The minimum absolute atomic E-state index is 0.494. The lowest BCUT2D eigenvalue weighted by Crippen LogP contribution is -1.97. The molecule has 0 radical (unpaired) electrons. The number of carbonyl (C=O) groups excluding carboxylic acids is 1. The topological polar surface area (TPSA) is 26.3 Å². The maximum absolute atomic E-state index is 10.3. The largest absolute Gasteiger partial charge is 0.413 e. The molecule has 0 heterocycles. The van der Waals surface area contributed by atoms with Gasteiger partial charge in [0, 0.05) is 11.6 Å². The Bertz CT molecular complexity index is 275. The summed E-state index contributed by atoms with van der Waals surface area (Å²) in [5.74, 6) is 0.494. The molecule has 58 valence electrons. The fraction of sp³-hybridized carbons (Fsp3) is 0. The van der Waals surface area contributed by atoms with Gasteiger partial charge in [0.05, 0.1) is 3.57 Å².